The minimum Gasteiger partial charge on any atom is -0.388 e. The van der Waals surface area contributed by atoms with Crippen LogP contribution in [0.5, 0.6) is 0 Å². The largest absolute Gasteiger partial charge is 0.388 e. The molecule has 1 fully saturated rings. The Labute approximate surface area is 70.5 Å². The summed E-state index contributed by atoms with van der Waals surface area (Å²) in [5, 5.41) is 27.5. The van der Waals surface area contributed by atoms with Gasteiger partial charge in [-0.05, 0) is 6.92 Å². The highest BCUT2D eigenvalue weighted by Crippen LogP contribution is 2.20. The van der Waals surface area contributed by atoms with E-state index in [1.807, 2.05) is 0 Å². The minimum absolute atomic E-state index is 0.988. The van der Waals surface area contributed by atoms with Crippen molar-refractivity contribution in [3.8, 4) is 0 Å². The molecular formula is C7H12O5. The van der Waals surface area contributed by atoms with Gasteiger partial charge in [0, 0.05) is 7.11 Å². The molecule has 2 unspecified atom stereocenters. The maximum Gasteiger partial charge on any atom is 0.186 e. The molecule has 0 spiro atoms. The summed E-state index contributed by atoms with van der Waals surface area (Å²) in [5.74, 6) is 0. The zero-order chi connectivity index (χ0) is 9.30. The Morgan fingerprint density at radius 3 is 2.25 bits per heavy atom. The van der Waals surface area contributed by atoms with Crippen LogP contribution in [0, 0.1) is 6.92 Å². The molecular weight excluding hydrogens is 164 g/mol. The average molecular weight is 176 g/mol. The second-order valence-electron chi connectivity index (χ2n) is 2.68. The van der Waals surface area contributed by atoms with Crippen LogP contribution in [0.3, 0.4) is 0 Å². The molecule has 0 aromatic carbocycles. The first-order valence-corrected chi connectivity index (χ1v) is 3.56. The van der Waals surface area contributed by atoms with Crippen LogP contribution in [0.4, 0.5) is 0 Å². The zero-order valence-electron chi connectivity index (χ0n) is 6.62. The van der Waals surface area contributed by atoms with E-state index in [4.69, 9.17) is 16.8 Å². The summed E-state index contributed by atoms with van der Waals surface area (Å²) in [6.45, 7) is 5.27. The van der Waals surface area contributed by atoms with Crippen LogP contribution < -0.4 is 0 Å². The van der Waals surface area contributed by atoms with Gasteiger partial charge in [0.25, 0.3) is 0 Å². The number of methoxy groups -OCH3 is 1. The third kappa shape index (κ3) is 1.60. The van der Waals surface area contributed by atoms with E-state index in [9.17, 15) is 10.2 Å². The highest BCUT2D eigenvalue weighted by molar-refractivity contribution is 4.89. The van der Waals surface area contributed by atoms with E-state index in [0.717, 1.165) is 0 Å². The molecule has 0 aromatic heterocycles. The molecule has 1 rings (SSSR count). The third-order valence-electron chi connectivity index (χ3n) is 1.84. The molecule has 1 saturated heterocycles. The van der Waals surface area contributed by atoms with Crippen molar-refractivity contribution in [2.24, 2.45) is 0 Å². The van der Waals surface area contributed by atoms with Crippen molar-refractivity contribution in [2.75, 3.05) is 7.11 Å². The number of hydrogen-bond acceptors (Lipinski definition) is 5. The molecule has 0 saturated carbocycles. The van der Waals surface area contributed by atoms with E-state index in [1.165, 1.54) is 7.11 Å². The van der Waals surface area contributed by atoms with Gasteiger partial charge >= 0.3 is 0 Å². The van der Waals surface area contributed by atoms with Gasteiger partial charge in [-0.1, -0.05) is 0 Å². The fraction of sp³-hybridized carbons (Fsp3) is 0.857. The van der Waals surface area contributed by atoms with Gasteiger partial charge in [-0.3, -0.25) is 0 Å². The Balaban J connectivity index is 2.63. The van der Waals surface area contributed by atoms with Crippen LogP contribution in [-0.2, 0) is 9.47 Å². The second kappa shape index (κ2) is 3.68. The molecule has 0 amide bonds. The molecule has 0 bridgehead atoms. The predicted octanol–water partition coefficient (Wildman–Crippen LogP) is -1.85. The fourth-order valence-electron chi connectivity index (χ4n) is 1.07. The van der Waals surface area contributed by atoms with E-state index in [2.05, 4.69) is 4.74 Å². The molecule has 5 nitrogen and oxygen atoms in total. The predicted molar refractivity (Wildman–Crippen MR) is 38.0 cm³/mol. The van der Waals surface area contributed by atoms with E-state index in [0.29, 0.717) is 0 Å². The monoisotopic (exact) mass is 176 g/mol. The van der Waals surface area contributed by atoms with Gasteiger partial charge in [0.1, 0.15) is 18.3 Å². The van der Waals surface area contributed by atoms with Crippen molar-refractivity contribution in [1.29, 1.82) is 0 Å². The summed E-state index contributed by atoms with van der Waals surface area (Å²) in [5.41, 5.74) is 0. The standard InChI is InChI=1S/C7H12O5/c1-3-4(8)5(9)6(10)7(11-2)12-3/h1,3-10H,2H3/t3?,4-,5-,6?,7+/m0/s1. The summed E-state index contributed by atoms with van der Waals surface area (Å²) in [7, 11) is 1.31. The lowest BCUT2D eigenvalue weighted by molar-refractivity contribution is -0.280. The Morgan fingerprint density at radius 2 is 1.75 bits per heavy atom. The molecule has 5 atom stereocenters. The quantitative estimate of drug-likeness (QED) is 0.437. The average Bonchev–Trinajstić information content (AvgIpc) is 2.08. The van der Waals surface area contributed by atoms with Gasteiger partial charge in [-0.15, -0.1) is 0 Å². The van der Waals surface area contributed by atoms with Gasteiger partial charge in [0.15, 0.2) is 6.29 Å². The Hall–Kier alpha value is -0.200. The van der Waals surface area contributed by atoms with E-state index in [-0.39, 0.29) is 0 Å². The van der Waals surface area contributed by atoms with E-state index >= 15 is 0 Å². The van der Waals surface area contributed by atoms with E-state index in [1.54, 1.807) is 0 Å². The summed E-state index contributed by atoms with van der Waals surface area (Å²) in [4.78, 5) is 0. The maximum absolute atomic E-state index is 9.21. The smallest absolute Gasteiger partial charge is 0.186 e. The molecule has 70 valence electrons. The van der Waals surface area contributed by atoms with Crippen molar-refractivity contribution < 1.29 is 24.8 Å². The topological polar surface area (TPSA) is 79.2 Å². The van der Waals surface area contributed by atoms with Gasteiger partial charge in [-0.2, -0.15) is 0 Å². The molecule has 5 heteroatoms. The first kappa shape index (κ1) is 9.88. The van der Waals surface area contributed by atoms with Gasteiger partial charge < -0.3 is 24.8 Å². The molecule has 1 aliphatic rings. The normalized spacial score (nSPS) is 49.2. The number of hydrogen-bond donors (Lipinski definition) is 3. The zero-order valence-corrected chi connectivity index (χ0v) is 6.62. The molecule has 12 heavy (non-hydrogen) atoms. The lowest BCUT2D eigenvalue weighted by Crippen LogP contribution is -2.57. The number of rotatable bonds is 1. The van der Waals surface area contributed by atoms with Crippen molar-refractivity contribution in [3.63, 3.8) is 0 Å². The minimum atomic E-state index is -1.33. The number of ether oxygens (including phenoxy) is 2. The van der Waals surface area contributed by atoms with Gasteiger partial charge in [-0.25, -0.2) is 0 Å². The van der Waals surface area contributed by atoms with Crippen molar-refractivity contribution in [1.82, 2.24) is 0 Å². The van der Waals surface area contributed by atoms with Crippen LogP contribution in [0.25, 0.3) is 0 Å². The first-order valence-electron chi connectivity index (χ1n) is 3.56. The van der Waals surface area contributed by atoms with Gasteiger partial charge in [0.05, 0.1) is 6.10 Å². The van der Waals surface area contributed by atoms with Crippen molar-refractivity contribution in [3.05, 3.63) is 6.92 Å². The van der Waals surface area contributed by atoms with E-state index < -0.39 is 30.7 Å². The first-order chi connectivity index (χ1) is 5.57. The van der Waals surface area contributed by atoms with Crippen LogP contribution >= 0.6 is 0 Å². The molecule has 3 N–H and O–H groups in total. The number of aliphatic hydroxyl groups excluding tert-OH is 3. The summed E-state index contributed by atoms with van der Waals surface area (Å²) < 4.78 is 9.50. The molecule has 1 aliphatic heterocycles. The van der Waals surface area contributed by atoms with Crippen LogP contribution in [0.1, 0.15) is 0 Å². The highest BCUT2D eigenvalue weighted by Gasteiger charge is 2.41. The number of aliphatic hydroxyl groups is 3. The summed E-state index contributed by atoms with van der Waals surface area (Å²) >= 11 is 0. The molecule has 1 heterocycles. The highest BCUT2D eigenvalue weighted by atomic mass is 16.7. The van der Waals surface area contributed by atoms with Crippen LogP contribution in [0.2, 0.25) is 0 Å². The SMILES string of the molecule is [CH]C1O[C@@H](OC)C(O)[C@@H](O)[C@H]1O. The molecule has 2 radical (unpaired) electrons. The molecule has 0 aromatic rings. The van der Waals surface area contributed by atoms with Crippen LogP contribution in [-0.4, -0.2) is 53.1 Å². The lowest BCUT2D eigenvalue weighted by atomic mass is 10.0. The maximum atomic E-state index is 9.21. The van der Waals surface area contributed by atoms with Gasteiger partial charge in [0.2, 0.25) is 0 Å². The fourth-order valence-corrected chi connectivity index (χ4v) is 1.07. The Morgan fingerprint density at radius 1 is 1.17 bits per heavy atom. The van der Waals surface area contributed by atoms with Crippen molar-refractivity contribution in [2.45, 2.75) is 30.7 Å². The second-order valence-corrected chi connectivity index (χ2v) is 2.68. The van der Waals surface area contributed by atoms with Crippen LogP contribution in [0.15, 0.2) is 0 Å². The Kier molecular flexibility index (Phi) is 3.03. The third-order valence-corrected chi connectivity index (χ3v) is 1.84. The lowest BCUT2D eigenvalue weighted by Gasteiger charge is -2.38. The summed E-state index contributed by atoms with van der Waals surface area (Å²) in [6, 6.07) is 0. The molecule has 0 aliphatic carbocycles. The van der Waals surface area contributed by atoms with Crippen molar-refractivity contribution >= 4 is 0 Å². The summed E-state index contributed by atoms with van der Waals surface area (Å²) in [6.07, 6.45) is -5.92. The Bertz CT molecular complexity index is 146.